The van der Waals surface area contributed by atoms with Gasteiger partial charge in [-0.3, -0.25) is 4.79 Å². The third-order valence-corrected chi connectivity index (χ3v) is 4.32. The highest BCUT2D eigenvalue weighted by atomic mass is 35.5. The van der Waals surface area contributed by atoms with E-state index in [1.807, 2.05) is 28.5 Å². The van der Waals surface area contributed by atoms with Crippen LogP contribution in [-0.4, -0.2) is 16.8 Å². The summed E-state index contributed by atoms with van der Waals surface area (Å²) < 4.78 is 0. The molecule has 2 aromatic rings. The van der Waals surface area contributed by atoms with Crippen LogP contribution < -0.4 is 0 Å². The number of halogens is 1. The molecule has 0 N–H and O–H groups in total. The Morgan fingerprint density at radius 2 is 2.16 bits per heavy atom. The van der Waals surface area contributed by atoms with E-state index < -0.39 is 0 Å². The Hall–Kier alpha value is -1.32. The molecule has 0 atom stereocenters. The molecule has 98 valence electrons. The van der Waals surface area contributed by atoms with Gasteiger partial charge in [0.05, 0.1) is 6.54 Å². The number of hydrogen-bond donors (Lipinski definition) is 0. The van der Waals surface area contributed by atoms with Crippen molar-refractivity contribution in [3.05, 3.63) is 57.2 Å². The zero-order valence-corrected chi connectivity index (χ0v) is 12.0. The maximum absolute atomic E-state index is 12.6. The van der Waals surface area contributed by atoms with Crippen LogP contribution in [0, 0.1) is 0 Å². The Kier molecular flexibility index (Phi) is 3.58. The molecule has 0 aliphatic heterocycles. The van der Waals surface area contributed by atoms with Crippen molar-refractivity contribution in [2.24, 2.45) is 0 Å². The molecule has 19 heavy (non-hydrogen) atoms. The van der Waals surface area contributed by atoms with Gasteiger partial charge in [-0.05, 0) is 42.5 Å². The minimum Gasteiger partial charge on any atom is -0.331 e. The topological polar surface area (TPSA) is 20.3 Å². The lowest BCUT2D eigenvalue weighted by atomic mass is 10.2. The van der Waals surface area contributed by atoms with E-state index in [9.17, 15) is 4.79 Å². The molecule has 1 aromatic carbocycles. The van der Waals surface area contributed by atoms with Crippen molar-refractivity contribution in [1.82, 2.24) is 4.90 Å². The van der Waals surface area contributed by atoms with Crippen molar-refractivity contribution in [3.8, 4) is 0 Å². The highest BCUT2D eigenvalue weighted by Crippen LogP contribution is 2.30. The third-order valence-electron chi connectivity index (χ3n) is 3.23. The molecule has 1 saturated carbocycles. The van der Waals surface area contributed by atoms with Crippen molar-refractivity contribution in [2.75, 3.05) is 0 Å². The number of hydrogen-bond acceptors (Lipinski definition) is 2. The van der Waals surface area contributed by atoms with Crippen molar-refractivity contribution < 1.29 is 4.79 Å². The number of carbonyl (C=O) groups excluding carboxylic acids is 1. The van der Waals surface area contributed by atoms with Gasteiger partial charge >= 0.3 is 0 Å². The van der Waals surface area contributed by atoms with Gasteiger partial charge in [-0.25, -0.2) is 0 Å². The fourth-order valence-corrected chi connectivity index (χ4v) is 3.00. The van der Waals surface area contributed by atoms with Crippen LogP contribution >= 0.6 is 22.9 Å². The van der Waals surface area contributed by atoms with Crippen molar-refractivity contribution in [3.63, 3.8) is 0 Å². The molecule has 3 rings (SSSR count). The van der Waals surface area contributed by atoms with E-state index in [0.717, 1.165) is 12.8 Å². The summed E-state index contributed by atoms with van der Waals surface area (Å²) in [5, 5.41) is 2.65. The van der Waals surface area contributed by atoms with Crippen LogP contribution in [0.3, 0.4) is 0 Å². The van der Waals surface area contributed by atoms with Gasteiger partial charge in [0.2, 0.25) is 0 Å². The van der Waals surface area contributed by atoms with Gasteiger partial charge in [0.1, 0.15) is 0 Å². The fraction of sp³-hybridized carbons (Fsp3) is 0.267. The summed E-state index contributed by atoms with van der Waals surface area (Å²) in [6, 6.07) is 11.7. The predicted molar refractivity (Wildman–Crippen MR) is 78.7 cm³/mol. The van der Waals surface area contributed by atoms with Gasteiger partial charge in [0.25, 0.3) is 5.91 Å². The lowest BCUT2D eigenvalue weighted by molar-refractivity contribution is 0.0731. The maximum Gasteiger partial charge on any atom is 0.254 e. The highest BCUT2D eigenvalue weighted by Gasteiger charge is 2.33. The Morgan fingerprint density at radius 1 is 1.32 bits per heavy atom. The second kappa shape index (κ2) is 5.35. The summed E-state index contributed by atoms with van der Waals surface area (Å²) in [5.41, 5.74) is 0.677. The average Bonchev–Trinajstić information content (AvgIpc) is 3.12. The Bertz CT molecular complexity index is 578. The summed E-state index contributed by atoms with van der Waals surface area (Å²) in [5.74, 6) is 0.0819. The fourth-order valence-electron chi connectivity index (χ4n) is 2.11. The smallest absolute Gasteiger partial charge is 0.254 e. The van der Waals surface area contributed by atoms with Crippen LogP contribution in [0.1, 0.15) is 28.1 Å². The Balaban J connectivity index is 1.82. The van der Waals surface area contributed by atoms with E-state index in [2.05, 4.69) is 6.07 Å². The molecular formula is C15H14ClNOS. The minimum absolute atomic E-state index is 0.0819. The van der Waals surface area contributed by atoms with Crippen LogP contribution in [0.4, 0.5) is 0 Å². The molecule has 1 heterocycles. The minimum atomic E-state index is 0.0819. The van der Waals surface area contributed by atoms with E-state index >= 15 is 0 Å². The standard InChI is InChI=1S/C15H14ClNOS/c16-12-4-1-3-11(9-12)15(18)17(13-6-7-13)10-14-5-2-8-19-14/h1-5,8-9,13H,6-7,10H2. The first kappa shape index (κ1) is 12.7. The number of thiophene rings is 1. The van der Waals surface area contributed by atoms with Crippen molar-refractivity contribution >= 4 is 28.8 Å². The summed E-state index contributed by atoms with van der Waals surface area (Å²) in [7, 11) is 0. The SMILES string of the molecule is O=C(c1cccc(Cl)c1)N(Cc1cccs1)C1CC1. The van der Waals surface area contributed by atoms with Gasteiger partial charge in [0, 0.05) is 21.5 Å². The number of rotatable bonds is 4. The monoisotopic (exact) mass is 291 g/mol. The molecule has 2 nitrogen and oxygen atoms in total. The van der Waals surface area contributed by atoms with Gasteiger partial charge in [-0.2, -0.15) is 0 Å². The van der Waals surface area contributed by atoms with Gasteiger partial charge < -0.3 is 4.90 Å². The molecule has 1 fully saturated rings. The van der Waals surface area contributed by atoms with Crippen LogP contribution in [0.2, 0.25) is 5.02 Å². The van der Waals surface area contributed by atoms with Crippen LogP contribution in [-0.2, 0) is 6.54 Å². The predicted octanol–water partition coefficient (Wildman–Crippen LogP) is 4.21. The van der Waals surface area contributed by atoms with Gasteiger partial charge in [0.15, 0.2) is 0 Å². The van der Waals surface area contributed by atoms with Crippen LogP contribution in [0.15, 0.2) is 41.8 Å². The molecule has 1 aromatic heterocycles. The van der Waals surface area contributed by atoms with Gasteiger partial charge in [-0.1, -0.05) is 23.7 Å². The van der Waals surface area contributed by atoms with E-state index in [1.165, 1.54) is 4.88 Å². The summed E-state index contributed by atoms with van der Waals surface area (Å²) in [4.78, 5) is 15.8. The molecule has 0 saturated heterocycles. The largest absolute Gasteiger partial charge is 0.331 e. The maximum atomic E-state index is 12.6. The number of benzene rings is 1. The summed E-state index contributed by atoms with van der Waals surface area (Å²) in [6.45, 7) is 0.702. The molecule has 1 aliphatic carbocycles. The zero-order valence-electron chi connectivity index (χ0n) is 10.4. The quantitative estimate of drug-likeness (QED) is 0.826. The zero-order chi connectivity index (χ0) is 13.2. The lowest BCUT2D eigenvalue weighted by Crippen LogP contribution is -2.32. The molecule has 1 aliphatic rings. The van der Waals surface area contributed by atoms with E-state index in [1.54, 1.807) is 23.5 Å². The molecule has 0 bridgehead atoms. The number of nitrogens with zero attached hydrogens (tertiary/aromatic N) is 1. The molecular weight excluding hydrogens is 278 g/mol. The Labute approximate surface area is 121 Å². The highest BCUT2D eigenvalue weighted by molar-refractivity contribution is 7.09. The van der Waals surface area contributed by atoms with Crippen LogP contribution in [0.5, 0.6) is 0 Å². The second-order valence-electron chi connectivity index (χ2n) is 4.75. The first-order valence-corrected chi connectivity index (χ1v) is 7.59. The summed E-state index contributed by atoms with van der Waals surface area (Å²) >= 11 is 7.66. The second-order valence-corrected chi connectivity index (χ2v) is 6.22. The number of carbonyl (C=O) groups is 1. The van der Waals surface area contributed by atoms with E-state index in [-0.39, 0.29) is 5.91 Å². The lowest BCUT2D eigenvalue weighted by Gasteiger charge is -2.22. The first-order valence-electron chi connectivity index (χ1n) is 6.33. The molecule has 0 unspecified atom stereocenters. The molecule has 0 radical (unpaired) electrons. The number of amides is 1. The molecule has 1 amide bonds. The van der Waals surface area contributed by atoms with E-state index in [0.29, 0.717) is 23.2 Å². The molecule has 4 heteroatoms. The van der Waals surface area contributed by atoms with Crippen LogP contribution in [0.25, 0.3) is 0 Å². The summed E-state index contributed by atoms with van der Waals surface area (Å²) in [6.07, 6.45) is 2.22. The molecule has 0 spiro atoms. The average molecular weight is 292 g/mol. The normalized spacial score (nSPS) is 14.4. The first-order chi connectivity index (χ1) is 9.24. The van der Waals surface area contributed by atoms with Crippen molar-refractivity contribution in [2.45, 2.75) is 25.4 Å². The van der Waals surface area contributed by atoms with Crippen molar-refractivity contribution in [1.29, 1.82) is 0 Å². The van der Waals surface area contributed by atoms with Gasteiger partial charge in [-0.15, -0.1) is 11.3 Å². The third kappa shape index (κ3) is 2.99. The van der Waals surface area contributed by atoms with E-state index in [4.69, 9.17) is 11.6 Å². The Morgan fingerprint density at radius 3 is 2.79 bits per heavy atom.